The molecular weight excluding hydrogens is 256 g/mol. The number of aryl methyl sites for hydroxylation is 1. The normalized spacial score (nSPS) is 10.7. The Kier molecular flexibility index (Phi) is 4.87. The number of hydrogen-bond donors (Lipinski definition) is 1. The molecule has 2 aromatic rings. The maximum Gasteiger partial charge on any atom is 0.128 e. The zero-order chi connectivity index (χ0) is 13.7. The van der Waals surface area contributed by atoms with Crippen LogP contribution >= 0.6 is 11.3 Å². The lowest BCUT2D eigenvalue weighted by Gasteiger charge is -2.18. The molecule has 0 aliphatic carbocycles. The number of rotatable bonds is 6. The fourth-order valence-electron chi connectivity index (χ4n) is 1.81. The van der Waals surface area contributed by atoms with Crippen LogP contribution in [0.3, 0.4) is 0 Å². The summed E-state index contributed by atoms with van der Waals surface area (Å²) in [6.07, 6.45) is 0. The van der Waals surface area contributed by atoms with Gasteiger partial charge in [0.15, 0.2) is 0 Å². The summed E-state index contributed by atoms with van der Waals surface area (Å²) in [6.45, 7) is 6.78. The van der Waals surface area contributed by atoms with Crippen LogP contribution in [0.2, 0.25) is 0 Å². The first-order valence-corrected chi connectivity index (χ1v) is 7.35. The van der Waals surface area contributed by atoms with Gasteiger partial charge in [0, 0.05) is 18.5 Å². The van der Waals surface area contributed by atoms with Crippen molar-refractivity contribution in [1.29, 1.82) is 0 Å². The molecule has 4 nitrogen and oxygen atoms in total. The molecule has 0 radical (unpaired) electrons. The highest BCUT2D eigenvalue weighted by Crippen LogP contribution is 2.18. The summed E-state index contributed by atoms with van der Waals surface area (Å²) in [6, 6.07) is 6.16. The molecule has 0 amide bonds. The standard InChI is InChI=1S/C14H20N4S/c1-4-15-8-12-6-5-7-14(17-12)18(3)9-13-11(2)16-10-19-13/h5-7,10,15H,4,8-9H2,1-3H3. The van der Waals surface area contributed by atoms with Gasteiger partial charge in [0.05, 0.1) is 23.4 Å². The van der Waals surface area contributed by atoms with E-state index in [1.807, 2.05) is 11.6 Å². The topological polar surface area (TPSA) is 41.0 Å². The Bertz CT molecular complexity index is 524. The minimum atomic E-state index is 0.817. The van der Waals surface area contributed by atoms with Crippen LogP contribution in [-0.4, -0.2) is 23.6 Å². The van der Waals surface area contributed by atoms with Crippen LogP contribution in [0.25, 0.3) is 0 Å². The highest BCUT2D eigenvalue weighted by Gasteiger charge is 2.08. The van der Waals surface area contributed by atoms with Crippen LogP contribution in [0.4, 0.5) is 5.82 Å². The number of nitrogens with zero attached hydrogens (tertiary/aromatic N) is 3. The van der Waals surface area contributed by atoms with Crippen LogP contribution in [-0.2, 0) is 13.1 Å². The molecule has 2 heterocycles. The van der Waals surface area contributed by atoms with Gasteiger partial charge in [0.2, 0.25) is 0 Å². The van der Waals surface area contributed by atoms with Crippen LogP contribution in [0.5, 0.6) is 0 Å². The second kappa shape index (κ2) is 6.63. The molecule has 19 heavy (non-hydrogen) atoms. The van der Waals surface area contributed by atoms with Crippen molar-refractivity contribution in [3.8, 4) is 0 Å². The lowest BCUT2D eigenvalue weighted by Crippen LogP contribution is -2.19. The Hall–Kier alpha value is -1.46. The minimum absolute atomic E-state index is 0.817. The Morgan fingerprint density at radius 3 is 2.89 bits per heavy atom. The van der Waals surface area contributed by atoms with Crippen molar-refractivity contribution in [1.82, 2.24) is 15.3 Å². The predicted octanol–water partition coefficient (Wildman–Crippen LogP) is 2.59. The second-order valence-corrected chi connectivity index (χ2v) is 5.42. The molecule has 102 valence electrons. The van der Waals surface area contributed by atoms with E-state index >= 15 is 0 Å². The minimum Gasteiger partial charge on any atom is -0.354 e. The van der Waals surface area contributed by atoms with Crippen LogP contribution in [0, 0.1) is 6.92 Å². The van der Waals surface area contributed by atoms with Gasteiger partial charge in [-0.25, -0.2) is 9.97 Å². The largest absolute Gasteiger partial charge is 0.354 e. The van der Waals surface area contributed by atoms with Gasteiger partial charge >= 0.3 is 0 Å². The molecule has 0 saturated heterocycles. The van der Waals surface area contributed by atoms with Crippen LogP contribution < -0.4 is 10.2 Å². The fraction of sp³-hybridized carbons (Fsp3) is 0.429. The van der Waals surface area contributed by atoms with Gasteiger partial charge in [-0.3, -0.25) is 0 Å². The predicted molar refractivity (Wildman–Crippen MR) is 80.6 cm³/mol. The summed E-state index contributed by atoms with van der Waals surface area (Å²) in [5.41, 5.74) is 4.08. The maximum absolute atomic E-state index is 4.67. The molecule has 0 unspecified atom stereocenters. The average Bonchev–Trinajstić information content (AvgIpc) is 2.82. The molecule has 0 aliphatic heterocycles. The molecule has 5 heteroatoms. The number of nitrogens with one attached hydrogen (secondary N) is 1. The van der Waals surface area contributed by atoms with Gasteiger partial charge in [-0.15, -0.1) is 11.3 Å². The van der Waals surface area contributed by atoms with Crippen molar-refractivity contribution in [2.75, 3.05) is 18.5 Å². The van der Waals surface area contributed by atoms with Crippen molar-refractivity contribution in [2.24, 2.45) is 0 Å². The van der Waals surface area contributed by atoms with E-state index in [1.54, 1.807) is 11.3 Å². The van der Waals surface area contributed by atoms with E-state index in [2.05, 4.69) is 53.2 Å². The third-order valence-electron chi connectivity index (χ3n) is 2.96. The van der Waals surface area contributed by atoms with Crippen LogP contribution in [0.15, 0.2) is 23.7 Å². The average molecular weight is 276 g/mol. The molecule has 0 atom stereocenters. The SMILES string of the molecule is CCNCc1cccc(N(C)Cc2scnc2C)n1. The summed E-state index contributed by atoms with van der Waals surface area (Å²) < 4.78 is 0. The number of pyridine rings is 1. The van der Waals surface area contributed by atoms with Crippen molar-refractivity contribution in [3.63, 3.8) is 0 Å². The Morgan fingerprint density at radius 2 is 2.21 bits per heavy atom. The zero-order valence-corrected chi connectivity index (χ0v) is 12.5. The first-order chi connectivity index (χ1) is 9.20. The zero-order valence-electron chi connectivity index (χ0n) is 11.7. The molecule has 0 saturated carbocycles. The van der Waals surface area contributed by atoms with Crippen molar-refractivity contribution in [2.45, 2.75) is 26.9 Å². The molecular formula is C14H20N4S. The van der Waals surface area contributed by atoms with E-state index in [0.717, 1.165) is 36.8 Å². The smallest absolute Gasteiger partial charge is 0.128 e. The molecule has 0 spiro atoms. The number of anilines is 1. The van der Waals surface area contributed by atoms with E-state index in [0.29, 0.717) is 0 Å². The van der Waals surface area contributed by atoms with Gasteiger partial charge in [-0.2, -0.15) is 0 Å². The van der Waals surface area contributed by atoms with Gasteiger partial charge in [-0.05, 0) is 25.6 Å². The summed E-state index contributed by atoms with van der Waals surface area (Å²) in [5.74, 6) is 1.00. The summed E-state index contributed by atoms with van der Waals surface area (Å²) in [5, 5.41) is 3.30. The lowest BCUT2D eigenvalue weighted by atomic mass is 10.3. The summed E-state index contributed by atoms with van der Waals surface area (Å²) >= 11 is 1.70. The maximum atomic E-state index is 4.67. The van der Waals surface area contributed by atoms with Gasteiger partial charge < -0.3 is 10.2 Å². The quantitative estimate of drug-likeness (QED) is 0.880. The third-order valence-corrected chi connectivity index (χ3v) is 3.88. The molecule has 0 aliphatic rings. The highest BCUT2D eigenvalue weighted by molar-refractivity contribution is 7.09. The van der Waals surface area contributed by atoms with Gasteiger partial charge in [-0.1, -0.05) is 13.0 Å². The van der Waals surface area contributed by atoms with E-state index in [4.69, 9.17) is 0 Å². The van der Waals surface area contributed by atoms with E-state index in [1.165, 1.54) is 4.88 Å². The summed E-state index contributed by atoms with van der Waals surface area (Å²) in [7, 11) is 2.07. The molecule has 0 bridgehead atoms. The lowest BCUT2D eigenvalue weighted by molar-refractivity contribution is 0.708. The molecule has 1 N–H and O–H groups in total. The van der Waals surface area contributed by atoms with E-state index < -0.39 is 0 Å². The molecule has 0 fully saturated rings. The number of thiazole rings is 1. The fourth-order valence-corrected chi connectivity index (χ4v) is 2.63. The van der Waals surface area contributed by atoms with Crippen molar-refractivity contribution in [3.05, 3.63) is 40.0 Å². The second-order valence-electron chi connectivity index (χ2n) is 4.48. The Morgan fingerprint density at radius 1 is 1.37 bits per heavy atom. The third kappa shape index (κ3) is 3.75. The number of aromatic nitrogens is 2. The number of hydrogen-bond acceptors (Lipinski definition) is 5. The van der Waals surface area contributed by atoms with E-state index in [9.17, 15) is 0 Å². The first-order valence-electron chi connectivity index (χ1n) is 6.47. The Balaban J connectivity index is 2.06. The Labute approximate surface area is 118 Å². The monoisotopic (exact) mass is 276 g/mol. The van der Waals surface area contributed by atoms with Gasteiger partial charge in [0.25, 0.3) is 0 Å². The highest BCUT2D eigenvalue weighted by atomic mass is 32.1. The van der Waals surface area contributed by atoms with Crippen molar-refractivity contribution < 1.29 is 0 Å². The first kappa shape index (κ1) is 14.0. The van der Waals surface area contributed by atoms with Crippen molar-refractivity contribution >= 4 is 17.2 Å². The molecule has 0 aromatic carbocycles. The van der Waals surface area contributed by atoms with Crippen LogP contribution in [0.1, 0.15) is 23.2 Å². The molecule has 2 rings (SSSR count). The summed E-state index contributed by atoms with van der Waals surface area (Å²) in [4.78, 5) is 12.4. The van der Waals surface area contributed by atoms with Gasteiger partial charge in [0.1, 0.15) is 5.82 Å². The van der Waals surface area contributed by atoms with E-state index in [-0.39, 0.29) is 0 Å². The molecule has 2 aromatic heterocycles.